The minimum Gasteiger partial charge on any atom is -0.397 e. The van der Waals surface area contributed by atoms with Crippen LogP contribution in [0.5, 0.6) is 0 Å². The van der Waals surface area contributed by atoms with Gasteiger partial charge in [-0.25, -0.2) is 0 Å². The van der Waals surface area contributed by atoms with E-state index in [1.54, 1.807) is 0 Å². The Morgan fingerprint density at radius 1 is 1.38 bits per heavy atom. The zero-order valence-corrected chi connectivity index (χ0v) is 12.3. The first-order valence-electron chi connectivity index (χ1n) is 5.19. The number of nitrogens with two attached hydrogens (primary N) is 1. The maximum atomic E-state index is 9.94. The van der Waals surface area contributed by atoms with Gasteiger partial charge in [0.15, 0.2) is 0 Å². The molecule has 0 aromatic heterocycles. The van der Waals surface area contributed by atoms with E-state index < -0.39 is 6.10 Å². The third-order valence-electron chi connectivity index (χ3n) is 2.25. The Morgan fingerprint density at radius 2 is 1.94 bits per heavy atom. The molecule has 90 valence electrons. The second-order valence-corrected chi connectivity index (χ2v) is 5.33. The maximum absolute atomic E-state index is 9.94. The summed E-state index contributed by atoms with van der Waals surface area (Å²) in [6.07, 6.45) is 0.543. The lowest BCUT2D eigenvalue weighted by Crippen LogP contribution is -2.22. The summed E-state index contributed by atoms with van der Waals surface area (Å²) in [7, 11) is 0. The summed E-state index contributed by atoms with van der Waals surface area (Å²) in [4.78, 5) is 0. The second-order valence-electron chi connectivity index (χ2n) is 3.62. The summed E-state index contributed by atoms with van der Waals surface area (Å²) >= 11 is 6.72. The molecule has 0 saturated carbocycles. The molecule has 1 rings (SSSR count). The van der Waals surface area contributed by atoms with Gasteiger partial charge in [-0.05, 0) is 62.5 Å². The van der Waals surface area contributed by atoms with Gasteiger partial charge >= 0.3 is 0 Å². The van der Waals surface area contributed by atoms with Gasteiger partial charge in [-0.3, -0.25) is 0 Å². The molecule has 0 heterocycles. The Labute approximate surface area is 113 Å². The lowest BCUT2D eigenvalue weighted by atomic mass is 10.1. The largest absolute Gasteiger partial charge is 0.397 e. The van der Waals surface area contributed by atoms with Crippen LogP contribution in [-0.4, -0.2) is 18.2 Å². The predicted molar refractivity (Wildman–Crippen MR) is 74.4 cm³/mol. The fourth-order valence-corrected chi connectivity index (χ4v) is 2.55. The van der Waals surface area contributed by atoms with Gasteiger partial charge < -0.3 is 16.2 Å². The normalized spacial score (nSPS) is 12.8. The number of hydrogen-bond acceptors (Lipinski definition) is 3. The number of nitrogen functional groups attached to an aromatic ring is 1. The summed E-state index contributed by atoms with van der Waals surface area (Å²) < 4.78 is 1.60. The average molecular weight is 352 g/mol. The van der Waals surface area contributed by atoms with Crippen LogP contribution in [0.4, 0.5) is 5.69 Å². The Morgan fingerprint density at radius 3 is 2.44 bits per heavy atom. The van der Waals surface area contributed by atoms with Crippen LogP contribution in [0, 0.1) is 0 Å². The van der Waals surface area contributed by atoms with Crippen molar-refractivity contribution in [2.24, 2.45) is 0 Å². The Bertz CT molecular complexity index is 335. The standard InChI is InChI=1S/C11H16Br2N2O/c1-2-3-15-6-10(16)7-4-8(12)11(14)9(13)5-7/h4-5,10,15-16H,2-3,6,14H2,1H3. The lowest BCUT2D eigenvalue weighted by molar-refractivity contribution is 0.175. The third kappa shape index (κ3) is 3.73. The van der Waals surface area contributed by atoms with E-state index in [2.05, 4.69) is 44.1 Å². The minimum atomic E-state index is -0.514. The first-order chi connectivity index (χ1) is 7.56. The lowest BCUT2D eigenvalue weighted by Gasteiger charge is -2.14. The summed E-state index contributed by atoms with van der Waals surface area (Å²) in [5, 5.41) is 13.1. The number of halogens is 2. The zero-order valence-electron chi connectivity index (χ0n) is 9.13. The summed E-state index contributed by atoms with van der Waals surface area (Å²) in [5.41, 5.74) is 7.28. The Balaban J connectivity index is 2.72. The van der Waals surface area contributed by atoms with Gasteiger partial charge in [-0.2, -0.15) is 0 Å². The molecule has 5 heteroatoms. The summed E-state index contributed by atoms with van der Waals surface area (Å²) in [5.74, 6) is 0. The molecule has 0 amide bonds. The molecule has 0 bridgehead atoms. The molecule has 0 spiro atoms. The Hall–Kier alpha value is -0.100. The zero-order chi connectivity index (χ0) is 12.1. The maximum Gasteiger partial charge on any atom is 0.0915 e. The molecule has 16 heavy (non-hydrogen) atoms. The van der Waals surface area contributed by atoms with Crippen molar-refractivity contribution in [1.29, 1.82) is 0 Å². The van der Waals surface area contributed by atoms with E-state index in [4.69, 9.17) is 5.73 Å². The van der Waals surface area contributed by atoms with Crippen molar-refractivity contribution in [1.82, 2.24) is 5.32 Å². The molecule has 0 fully saturated rings. The Kier molecular flexibility index (Phi) is 5.75. The molecule has 0 aliphatic heterocycles. The number of rotatable bonds is 5. The van der Waals surface area contributed by atoms with Crippen molar-refractivity contribution in [3.63, 3.8) is 0 Å². The highest BCUT2D eigenvalue weighted by molar-refractivity contribution is 9.11. The van der Waals surface area contributed by atoms with Gasteiger partial charge in [0.05, 0.1) is 11.8 Å². The molecule has 1 aromatic rings. The van der Waals surface area contributed by atoms with E-state index in [0.717, 1.165) is 27.5 Å². The highest BCUT2D eigenvalue weighted by Gasteiger charge is 2.11. The van der Waals surface area contributed by atoms with E-state index in [9.17, 15) is 5.11 Å². The van der Waals surface area contributed by atoms with E-state index in [0.29, 0.717) is 12.2 Å². The number of aliphatic hydroxyl groups is 1. The van der Waals surface area contributed by atoms with E-state index in [-0.39, 0.29) is 0 Å². The molecule has 0 saturated heterocycles. The number of nitrogens with one attached hydrogen (secondary N) is 1. The average Bonchev–Trinajstić information content (AvgIpc) is 2.25. The van der Waals surface area contributed by atoms with Crippen molar-refractivity contribution >= 4 is 37.5 Å². The van der Waals surface area contributed by atoms with E-state index in [1.807, 2.05) is 12.1 Å². The van der Waals surface area contributed by atoms with Crippen LogP contribution in [0.3, 0.4) is 0 Å². The van der Waals surface area contributed by atoms with Crippen molar-refractivity contribution in [2.75, 3.05) is 18.8 Å². The quantitative estimate of drug-likeness (QED) is 0.564. The van der Waals surface area contributed by atoms with Gasteiger partial charge in [0.2, 0.25) is 0 Å². The highest BCUT2D eigenvalue weighted by atomic mass is 79.9. The molecule has 0 radical (unpaired) electrons. The molecular weight excluding hydrogens is 336 g/mol. The minimum absolute atomic E-state index is 0.514. The fourth-order valence-electron chi connectivity index (χ4n) is 1.33. The van der Waals surface area contributed by atoms with Crippen molar-refractivity contribution in [3.8, 4) is 0 Å². The van der Waals surface area contributed by atoms with Crippen LogP contribution >= 0.6 is 31.9 Å². The van der Waals surface area contributed by atoms with Gasteiger partial charge in [0, 0.05) is 15.5 Å². The van der Waals surface area contributed by atoms with Gasteiger partial charge in [0.25, 0.3) is 0 Å². The summed E-state index contributed by atoms with van der Waals surface area (Å²) in [6, 6.07) is 3.69. The van der Waals surface area contributed by atoms with Crippen molar-refractivity contribution in [3.05, 3.63) is 26.6 Å². The number of hydrogen-bond donors (Lipinski definition) is 3. The number of aliphatic hydroxyl groups excluding tert-OH is 1. The molecule has 1 unspecified atom stereocenters. The topological polar surface area (TPSA) is 58.3 Å². The highest BCUT2D eigenvalue weighted by Crippen LogP contribution is 2.31. The van der Waals surface area contributed by atoms with E-state index in [1.165, 1.54) is 0 Å². The SMILES string of the molecule is CCCNCC(O)c1cc(Br)c(N)c(Br)c1. The molecule has 0 aliphatic carbocycles. The molecule has 0 aliphatic rings. The first kappa shape index (κ1) is 14.0. The van der Waals surface area contributed by atoms with Gasteiger partial charge in [0.1, 0.15) is 0 Å². The second kappa shape index (κ2) is 6.59. The van der Waals surface area contributed by atoms with Gasteiger partial charge in [-0.1, -0.05) is 6.92 Å². The molecule has 4 N–H and O–H groups in total. The first-order valence-corrected chi connectivity index (χ1v) is 6.78. The molecule has 1 aromatic carbocycles. The smallest absolute Gasteiger partial charge is 0.0915 e. The molecular formula is C11H16Br2N2O. The van der Waals surface area contributed by atoms with Crippen LogP contribution in [0.2, 0.25) is 0 Å². The molecule has 3 nitrogen and oxygen atoms in total. The fraction of sp³-hybridized carbons (Fsp3) is 0.455. The van der Waals surface area contributed by atoms with Crippen LogP contribution < -0.4 is 11.1 Å². The van der Waals surface area contributed by atoms with Crippen LogP contribution in [0.1, 0.15) is 25.0 Å². The van der Waals surface area contributed by atoms with Gasteiger partial charge in [-0.15, -0.1) is 0 Å². The number of anilines is 1. The van der Waals surface area contributed by atoms with Crippen LogP contribution in [-0.2, 0) is 0 Å². The molecule has 1 atom stereocenters. The van der Waals surface area contributed by atoms with E-state index >= 15 is 0 Å². The van der Waals surface area contributed by atoms with Crippen LogP contribution in [0.25, 0.3) is 0 Å². The van der Waals surface area contributed by atoms with Crippen molar-refractivity contribution < 1.29 is 5.11 Å². The van der Waals surface area contributed by atoms with Crippen molar-refractivity contribution in [2.45, 2.75) is 19.4 Å². The summed E-state index contributed by atoms with van der Waals surface area (Å²) in [6.45, 7) is 3.56. The predicted octanol–water partition coefficient (Wildman–Crippen LogP) is 2.83. The monoisotopic (exact) mass is 350 g/mol. The number of benzene rings is 1. The van der Waals surface area contributed by atoms with Crippen LogP contribution in [0.15, 0.2) is 21.1 Å². The third-order valence-corrected chi connectivity index (χ3v) is 3.56.